The van der Waals surface area contributed by atoms with Crippen LogP contribution in [0.1, 0.15) is 18.9 Å². The van der Waals surface area contributed by atoms with Gasteiger partial charge in [-0.1, -0.05) is 30.3 Å². The van der Waals surface area contributed by atoms with Crippen LogP contribution in [-0.4, -0.2) is 24.6 Å². The molecule has 0 spiro atoms. The molecule has 0 aromatic heterocycles. The number of ether oxygens (including phenoxy) is 2. The highest BCUT2D eigenvalue weighted by atomic mass is 16.5. The van der Waals surface area contributed by atoms with Crippen molar-refractivity contribution < 1.29 is 14.3 Å². The predicted octanol–water partition coefficient (Wildman–Crippen LogP) is 1.95. The van der Waals surface area contributed by atoms with E-state index in [0.717, 1.165) is 5.56 Å². The normalized spacial score (nSPS) is 24.2. The number of hydrogen-bond donors (Lipinski definition) is 0. The smallest absolute Gasteiger partial charge is 0.166 e. The maximum absolute atomic E-state index is 11.3. The SMILES string of the molecule is CCO[C@@H]1CC(=O)[C@H]1OCc1ccccc1. The summed E-state index contributed by atoms with van der Waals surface area (Å²) in [6, 6.07) is 9.85. The average molecular weight is 220 g/mol. The molecule has 1 aromatic carbocycles. The molecule has 1 aliphatic rings. The summed E-state index contributed by atoms with van der Waals surface area (Å²) in [4.78, 5) is 11.3. The van der Waals surface area contributed by atoms with E-state index in [2.05, 4.69) is 0 Å². The quantitative estimate of drug-likeness (QED) is 0.760. The van der Waals surface area contributed by atoms with E-state index in [1.165, 1.54) is 0 Å². The molecule has 0 amide bonds. The third-order valence-electron chi connectivity index (χ3n) is 2.71. The molecule has 2 rings (SSSR count). The Morgan fingerprint density at radius 1 is 1.25 bits per heavy atom. The van der Waals surface area contributed by atoms with Crippen LogP contribution in [0.25, 0.3) is 0 Å². The first kappa shape index (κ1) is 11.3. The van der Waals surface area contributed by atoms with Crippen molar-refractivity contribution in [2.45, 2.75) is 32.2 Å². The molecule has 1 fully saturated rings. The van der Waals surface area contributed by atoms with E-state index >= 15 is 0 Å². The fourth-order valence-electron chi connectivity index (χ4n) is 1.79. The lowest BCUT2D eigenvalue weighted by molar-refractivity contribution is -0.167. The van der Waals surface area contributed by atoms with E-state index in [1.54, 1.807) is 0 Å². The van der Waals surface area contributed by atoms with Gasteiger partial charge in [0.05, 0.1) is 12.7 Å². The summed E-state index contributed by atoms with van der Waals surface area (Å²) in [6.07, 6.45) is 0.0918. The Kier molecular flexibility index (Phi) is 3.70. The molecule has 1 saturated carbocycles. The highest BCUT2D eigenvalue weighted by Gasteiger charge is 2.41. The number of benzene rings is 1. The van der Waals surface area contributed by atoms with Crippen LogP contribution in [0.15, 0.2) is 30.3 Å². The molecule has 0 radical (unpaired) electrons. The summed E-state index contributed by atoms with van der Waals surface area (Å²) in [5, 5.41) is 0. The van der Waals surface area contributed by atoms with Gasteiger partial charge in [-0.2, -0.15) is 0 Å². The first-order valence-corrected chi connectivity index (χ1v) is 5.61. The van der Waals surface area contributed by atoms with Gasteiger partial charge in [0.15, 0.2) is 5.78 Å². The molecule has 0 saturated heterocycles. The Bertz CT molecular complexity index is 347. The van der Waals surface area contributed by atoms with Gasteiger partial charge in [0.2, 0.25) is 0 Å². The molecule has 0 bridgehead atoms. The molecular formula is C13H16O3. The van der Waals surface area contributed by atoms with Crippen LogP contribution in [0.5, 0.6) is 0 Å². The second kappa shape index (κ2) is 5.23. The van der Waals surface area contributed by atoms with Crippen molar-refractivity contribution in [3.8, 4) is 0 Å². The van der Waals surface area contributed by atoms with E-state index in [0.29, 0.717) is 19.6 Å². The van der Waals surface area contributed by atoms with Gasteiger partial charge in [0.25, 0.3) is 0 Å². The second-order valence-electron chi connectivity index (χ2n) is 3.88. The van der Waals surface area contributed by atoms with E-state index in [-0.39, 0.29) is 18.0 Å². The Hall–Kier alpha value is -1.19. The zero-order valence-electron chi connectivity index (χ0n) is 9.39. The highest BCUT2D eigenvalue weighted by Crippen LogP contribution is 2.23. The zero-order valence-corrected chi connectivity index (χ0v) is 9.39. The highest BCUT2D eigenvalue weighted by molar-refractivity contribution is 5.90. The topological polar surface area (TPSA) is 35.5 Å². The average Bonchev–Trinajstić information content (AvgIpc) is 2.30. The van der Waals surface area contributed by atoms with Crippen molar-refractivity contribution >= 4 is 5.78 Å². The van der Waals surface area contributed by atoms with E-state index in [4.69, 9.17) is 9.47 Å². The summed E-state index contributed by atoms with van der Waals surface area (Å²) in [6.45, 7) is 3.03. The second-order valence-corrected chi connectivity index (χ2v) is 3.88. The monoisotopic (exact) mass is 220 g/mol. The predicted molar refractivity (Wildman–Crippen MR) is 60.1 cm³/mol. The molecule has 2 atom stereocenters. The van der Waals surface area contributed by atoms with Crippen LogP contribution >= 0.6 is 0 Å². The van der Waals surface area contributed by atoms with Gasteiger partial charge in [0, 0.05) is 13.0 Å². The van der Waals surface area contributed by atoms with Crippen molar-refractivity contribution in [3.63, 3.8) is 0 Å². The molecule has 16 heavy (non-hydrogen) atoms. The van der Waals surface area contributed by atoms with Crippen molar-refractivity contribution in [3.05, 3.63) is 35.9 Å². The first-order valence-electron chi connectivity index (χ1n) is 5.61. The number of carbonyl (C=O) groups is 1. The summed E-state index contributed by atoms with van der Waals surface area (Å²) < 4.78 is 11.0. The Balaban J connectivity index is 1.83. The number of carbonyl (C=O) groups excluding carboxylic acids is 1. The molecule has 86 valence electrons. The lowest BCUT2D eigenvalue weighted by Gasteiger charge is -2.34. The van der Waals surface area contributed by atoms with Crippen LogP contribution < -0.4 is 0 Å². The van der Waals surface area contributed by atoms with Gasteiger partial charge < -0.3 is 9.47 Å². The van der Waals surface area contributed by atoms with Gasteiger partial charge in [-0.15, -0.1) is 0 Å². The fourth-order valence-corrected chi connectivity index (χ4v) is 1.79. The molecule has 1 aliphatic carbocycles. The van der Waals surface area contributed by atoms with Crippen molar-refractivity contribution in [2.24, 2.45) is 0 Å². The molecule has 0 aliphatic heterocycles. The van der Waals surface area contributed by atoms with Crippen LogP contribution in [0.4, 0.5) is 0 Å². The Morgan fingerprint density at radius 2 is 2.00 bits per heavy atom. The molecule has 0 unspecified atom stereocenters. The largest absolute Gasteiger partial charge is 0.375 e. The number of ketones is 1. The van der Waals surface area contributed by atoms with Gasteiger partial charge >= 0.3 is 0 Å². The van der Waals surface area contributed by atoms with E-state index < -0.39 is 0 Å². The van der Waals surface area contributed by atoms with Crippen LogP contribution in [0.3, 0.4) is 0 Å². The van der Waals surface area contributed by atoms with Gasteiger partial charge in [-0.3, -0.25) is 4.79 Å². The maximum atomic E-state index is 11.3. The molecule has 0 N–H and O–H groups in total. The molecule has 3 heteroatoms. The number of Topliss-reactive ketones (excluding diaryl/α,β-unsaturated/α-hetero) is 1. The molecule has 3 nitrogen and oxygen atoms in total. The van der Waals surface area contributed by atoms with Gasteiger partial charge in [-0.05, 0) is 12.5 Å². The first-order chi connectivity index (χ1) is 7.81. The standard InChI is InChI=1S/C13H16O3/c1-2-15-12-8-11(14)13(12)16-9-10-6-4-3-5-7-10/h3-7,12-13H,2,8-9H2,1H3/t12-,13-/m1/s1. The lowest BCUT2D eigenvalue weighted by Crippen LogP contribution is -2.50. The lowest BCUT2D eigenvalue weighted by atomic mass is 9.90. The summed E-state index contributed by atoms with van der Waals surface area (Å²) in [5.41, 5.74) is 1.08. The third kappa shape index (κ3) is 2.49. The molecule has 0 heterocycles. The Labute approximate surface area is 95.4 Å². The van der Waals surface area contributed by atoms with Crippen molar-refractivity contribution in [2.75, 3.05) is 6.61 Å². The van der Waals surface area contributed by atoms with Gasteiger partial charge in [-0.25, -0.2) is 0 Å². The number of hydrogen-bond acceptors (Lipinski definition) is 3. The number of rotatable bonds is 5. The molecular weight excluding hydrogens is 204 g/mol. The van der Waals surface area contributed by atoms with E-state index in [9.17, 15) is 4.79 Å². The van der Waals surface area contributed by atoms with Crippen molar-refractivity contribution in [1.82, 2.24) is 0 Å². The minimum absolute atomic E-state index is 0.0405. The van der Waals surface area contributed by atoms with Crippen molar-refractivity contribution in [1.29, 1.82) is 0 Å². The fraction of sp³-hybridized carbons (Fsp3) is 0.462. The van der Waals surface area contributed by atoms with Crippen LogP contribution in [-0.2, 0) is 20.9 Å². The molecule has 1 aromatic rings. The third-order valence-corrected chi connectivity index (χ3v) is 2.71. The minimum Gasteiger partial charge on any atom is -0.375 e. The maximum Gasteiger partial charge on any atom is 0.166 e. The summed E-state index contributed by atoms with van der Waals surface area (Å²) >= 11 is 0. The van der Waals surface area contributed by atoms with Crippen LogP contribution in [0, 0.1) is 0 Å². The van der Waals surface area contributed by atoms with E-state index in [1.807, 2.05) is 37.3 Å². The van der Waals surface area contributed by atoms with Crippen LogP contribution in [0.2, 0.25) is 0 Å². The Morgan fingerprint density at radius 3 is 2.62 bits per heavy atom. The van der Waals surface area contributed by atoms with Gasteiger partial charge in [0.1, 0.15) is 6.10 Å². The summed E-state index contributed by atoms with van der Waals surface area (Å²) in [5.74, 6) is 0.148. The minimum atomic E-state index is -0.361. The zero-order chi connectivity index (χ0) is 11.4. The summed E-state index contributed by atoms with van der Waals surface area (Å²) in [7, 11) is 0.